The smallest absolute Gasteiger partial charge is 0.303 e. The fourth-order valence-electron chi connectivity index (χ4n) is 2.20. The lowest BCUT2D eigenvalue weighted by Crippen LogP contribution is -2.22. The molecular weight excluding hydrogens is 256 g/mol. The molecule has 0 saturated heterocycles. The van der Waals surface area contributed by atoms with Gasteiger partial charge in [0.25, 0.3) is 0 Å². The van der Waals surface area contributed by atoms with Crippen LogP contribution in [0, 0.1) is 17.2 Å². The van der Waals surface area contributed by atoms with Crippen molar-refractivity contribution in [3.63, 3.8) is 0 Å². The Labute approximate surface area is 117 Å². The number of hydrogen-bond acceptors (Lipinski definition) is 4. The molecule has 104 valence electrons. The summed E-state index contributed by atoms with van der Waals surface area (Å²) in [7, 11) is 0. The molecule has 0 amide bonds. The minimum Gasteiger partial charge on any atom is -0.481 e. The van der Waals surface area contributed by atoms with Crippen molar-refractivity contribution in [3.05, 3.63) is 41.6 Å². The first-order valence-corrected chi connectivity index (χ1v) is 6.53. The highest BCUT2D eigenvalue weighted by molar-refractivity contribution is 5.67. The van der Waals surface area contributed by atoms with Crippen LogP contribution in [0.4, 0.5) is 0 Å². The highest BCUT2D eigenvalue weighted by atomic mass is 16.6. The van der Waals surface area contributed by atoms with Crippen molar-refractivity contribution in [1.82, 2.24) is 5.48 Å². The van der Waals surface area contributed by atoms with Gasteiger partial charge in [-0.1, -0.05) is 6.08 Å². The van der Waals surface area contributed by atoms with Crippen LogP contribution in [-0.2, 0) is 4.79 Å². The molecule has 0 fully saturated rings. The van der Waals surface area contributed by atoms with E-state index in [0.717, 1.165) is 25.0 Å². The maximum Gasteiger partial charge on any atom is 0.303 e. The van der Waals surface area contributed by atoms with Crippen LogP contribution in [0.1, 0.15) is 31.2 Å². The molecule has 2 rings (SSSR count). The molecule has 0 aliphatic heterocycles. The second kappa shape index (κ2) is 6.62. The van der Waals surface area contributed by atoms with Gasteiger partial charge >= 0.3 is 5.97 Å². The van der Waals surface area contributed by atoms with Crippen LogP contribution in [0.3, 0.4) is 0 Å². The first-order chi connectivity index (χ1) is 9.67. The van der Waals surface area contributed by atoms with E-state index < -0.39 is 5.97 Å². The van der Waals surface area contributed by atoms with Crippen molar-refractivity contribution in [3.8, 4) is 11.8 Å². The van der Waals surface area contributed by atoms with Crippen molar-refractivity contribution in [1.29, 1.82) is 5.26 Å². The lowest BCUT2D eigenvalue weighted by molar-refractivity contribution is -0.137. The summed E-state index contributed by atoms with van der Waals surface area (Å²) in [6.45, 7) is 0. The number of nitriles is 1. The van der Waals surface area contributed by atoms with E-state index in [1.807, 2.05) is 12.1 Å². The number of allylic oxidation sites excluding steroid dienone is 2. The van der Waals surface area contributed by atoms with Crippen molar-refractivity contribution >= 4 is 5.97 Å². The Morgan fingerprint density at radius 3 is 2.85 bits per heavy atom. The Morgan fingerprint density at radius 1 is 1.45 bits per heavy atom. The predicted molar refractivity (Wildman–Crippen MR) is 72.6 cm³/mol. The monoisotopic (exact) mass is 272 g/mol. The summed E-state index contributed by atoms with van der Waals surface area (Å²) in [5.41, 5.74) is 4.35. The summed E-state index contributed by atoms with van der Waals surface area (Å²) in [4.78, 5) is 16.1. The molecule has 0 radical (unpaired) electrons. The maximum absolute atomic E-state index is 10.7. The van der Waals surface area contributed by atoms with E-state index in [9.17, 15) is 4.79 Å². The number of benzene rings is 1. The second-order valence-corrected chi connectivity index (χ2v) is 4.78. The lowest BCUT2D eigenvalue weighted by Gasteiger charge is -2.20. The fourth-order valence-corrected chi connectivity index (χ4v) is 2.20. The highest BCUT2D eigenvalue weighted by Crippen LogP contribution is 2.24. The van der Waals surface area contributed by atoms with Gasteiger partial charge in [-0.3, -0.25) is 4.79 Å². The van der Waals surface area contributed by atoms with Crippen LogP contribution in [-0.4, -0.2) is 11.1 Å². The summed E-state index contributed by atoms with van der Waals surface area (Å²) < 4.78 is 0. The van der Waals surface area contributed by atoms with E-state index in [1.165, 1.54) is 0 Å². The van der Waals surface area contributed by atoms with Gasteiger partial charge in [-0.25, -0.2) is 5.48 Å². The number of carboxylic acids is 1. The quantitative estimate of drug-likeness (QED) is 0.805. The molecule has 20 heavy (non-hydrogen) atoms. The normalized spacial score (nSPS) is 17.8. The van der Waals surface area contributed by atoms with Crippen LogP contribution >= 0.6 is 0 Å². The Hall–Kier alpha value is -2.48. The molecule has 1 aliphatic carbocycles. The summed E-state index contributed by atoms with van der Waals surface area (Å²) in [6, 6.07) is 8.82. The average molecular weight is 272 g/mol. The zero-order chi connectivity index (χ0) is 14.4. The number of nitrogens with one attached hydrogen (secondary N) is 1. The minimum atomic E-state index is -0.777. The molecule has 0 heterocycles. The molecule has 5 nitrogen and oxygen atoms in total. The standard InChI is InChI=1S/C15H16N2O3/c16-10-11-4-6-14(7-5-11)20-17-13-3-1-2-12(8-13)9-15(18)19/h4-8,12,17H,1-3,9H2,(H,18,19). The third-order valence-corrected chi connectivity index (χ3v) is 3.18. The fraction of sp³-hybridized carbons (Fsp3) is 0.333. The molecule has 1 aromatic carbocycles. The summed E-state index contributed by atoms with van der Waals surface area (Å²) in [6.07, 6.45) is 4.79. The van der Waals surface area contributed by atoms with E-state index in [1.54, 1.807) is 24.3 Å². The topological polar surface area (TPSA) is 82.3 Å². The van der Waals surface area contributed by atoms with E-state index in [2.05, 4.69) is 5.48 Å². The molecule has 2 N–H and O–H groups in total. The van der Waals surface area contributed by atoms with Gasteiger partial charge in [-0.2, -0.15) is 5.26 Å². The van der Waals surface area contributed by atoms with E-state index in [-0.39, 0.29) is 12.3 Å². The van der Waals surface area contributed by atoms with E-state index in [0.29, 0.717) is 11.3 Å². The molecule has 0 bridgehead atoms. The van der Waals surface area contributed by atoms with Gasteiger partial charge in [0.15, 0.2) is 5.75 Å². The van der Waals surface area contributed by atoms with E-state index >= 15 is 0 Å². The highest BCUT2D eigenvalue weighted by Gasteiger charge is 2.16. The first-order valence-electron chi connectivity index (χ1n) is 6.53. The Balaban J connectivity index is 1.90. The number of aliphatic carboxylic acids is 1. The molecule has 5 heteroatoms. The van der Waals surface area contributed by atoms with Crippen LogP contribution in [0.5, 0.6) is 5.75 Å². The number of carbonyl (C=O) groups is 1. The number of hydrogen-bond donors (Lipinski definition) is 2. The molecule has 1 aromatic rings. The van der Waals surface area contributed by atoms with Gasteiger partial charge in [-0.05, 0) is 49.4 Å². The zero-order valence-corrected chi connectivity index (χ0v) is 11.0. The van der Waals surface area contributed by atoms with Crippen molar-refractivity contribution in [2.24, 2.45) is 5.92 Å². The lowest BCUT2D eigenvalue weighted by atomic mass is 9.91. The first kappa shape index (κ1) is 13.9. The van der Waals surface area contributed by atoms with Gasteiger partial charge in [0, 0.05) is 5.70 Å². The van der Waals surface area contributed by atoms with Crippen LogP contribution in [0.2, 0.25) is 0 Å². The molecule has 0 spiro atoms. The number of rotatable bonds is 5. The number of hydroxylamine groups is 1. The van der Waals surface area contributed by atoms with Gasteiger partial charge in [0.2, 0.25) is 0 Å². The van der Waals surface area contributed by atoms with Gasteiger partial charge in [0.05, 0.1) is 18.1 Å². The van der Waals surface area contributed by atoms with Crippen molar-refractivity contribution in [2.45, 2.75) is 25.7 Å². The van der Waals surface area contributed by atoms with Crippen LogP contribution in [0.25, 0.3) is 0 Å². The summed E-state index contributed by atoms with van der Waals surface area (Å²) in [5, 5.41) is 17.5. The Morgan fingerprint density at radius 2 is 2.20 bits per heavy atom. The Bertz CT molecular complexity index is 543. The number of carboxylic acid groups (broad SMARTS) is 1. The van der Waals surface area contributed by atoms with Crippen LogP contribution < -0.4 is 10.3 Å². The maximum atomic E-state index is 10.7. The number of nitrogens with zero attached hydrogens (tertiary/aromatic N) is 1. The molecule has 0 aromatic heterocycles. The van der Waals surface area contributed by atoms with Crippen molar-refractivity contribution in [2.75, 3.05) is 0 Å². The molecule has 1 aliphatic rings. The molecular formula is C15H16N2O3. The summed E-state index contributed by atoms with van der Waals surface area (Å²) >= 11 is 0. The SMILES string of the molecule is N#Cc1ccc(ONC2=CC(CC(=O)O)CCC2)cc1. The van der Waals surface area contributed by atoms with Crippen molar-refractivity contribution < 1.29 is 14.7 Å². The molecule has 0 saturated carbocycles. The van der Waals surface area contributed by atoms with Gasteiger partial charge in [0.1, 0.15) is 0 Å². The second-order valence-electron chi connectivity index (χ2n) is 4.78. The van der Waals surface area contributed by atoms with Gasteiger partial charge in [-0.15, -0.1) is 0 Å². The average Bonchev–Trinajstić information content (AvgIpc) is 2.45. The third kappa shape index (κ3) is 4.02. The van der Waals surface area contributed by atoms with Gasteiger partial charge < -0.3 is 9.94 Å². The Kier molecular flexibility index (Phi) is 4.61. The van der Waals surface area contributed by atoms with E-state index in [4.69, 9.17) is 15.2 Å². The minimum absolute atomic E-state index is 0.0633. The largest absolute Gasteiger partial charge is 0.481 e. The van der Waals surface area contributed by atoms with Crippen LogP contribution in [0.15, 0.2) is 36.0 Å². The third-order valence-electron chi connectivity index (χ3n) is 3.18. The predicted octanol–water partition coefficient (Wildman–Crippen LogP) is 2.60. The molecule has 1 unspecified atom stereocenters. The summed E-state index contributed by atoms with van der Waals surface area (Å²) in [5.74, 6) is -0.0981. The zero-order valence-electron chi connectivity index (χ0n) is 11.0. The molecule has 1 atom stereocenters.